The number of carbonyl (C=O) groups excluding carboxylic acids is 2. The van der Waals surface area contributed by atoms with Gasteiger partial charge in [-0.3, -0.25) is 14.5 Å². The van der Waals surface area contributed by atoms with Crippen molar-refractivity contribution in [1.29, 1.82) is 0 Å². The highest BCUT2D eigenvalue weighted by molar-refractivity contribution is 8.00. The minimum absolute atomic E-state index is 0.0404. The number of amides is 1. The standard InChI is InChI=1S/C25H17Cl3N4O3S3/c1-11-22(37-12(2)29-11)20(33)18-19(13-3-6-15(26)7-4-13)32(23(35)21(18)34)24-30-31-25(38-24)36-10-14-5-8-16(27)9-17(14)28/h3-9,19,34H,10H2,1-2H3. The zero-order valence-corrected chi connectivity index (χ0v) is 24.5. The summed E-state index contributed by atoms with van der Waals surface area (Å²) in [6.45, 7) is 3.52. The molecule has 0 saturated carbocycles. The second-order valence-electron chi connectivity index (χ2n) is 8.24. The van der Waals surface area contributed by atoms with E-state index in [0.717, 1.165) is 5.56 Å². The predicted molar refractivity (Wildman–Crippen MR) is 153 cm³/mol. The number of benzene rings is 2. The summed E-state index contributed by atoms with van der Waals surface area (Å²) in [5.74, 6) is -1.31. The van der Waals surface area contributed by atoms with Gasteiger partial charge in [-0.15, -0.1) is 21.5 Å². The summed E-state index contributed by atoms with van der Waals surface area (Å²) in [6, 6.07) is 11.1. The maximum atomic E-state index is 13.7. The van der Waals surface area contributed by atoms with Crippen LogP contribution in [0.3, 0.4) is 0 Å². The van der Waals surface area contributed by atoms with Crippen LogP contribution < -0.4 is 4.90 Å². The van der Waals surface area contributed by atoms with Crippen LogP contribution in [-0.2, 0) is 10.5 Å². The van der Waals surface area contributed by atoms with Gasteiger partial charge in [0, 0.05) is 20.8 Å². The number of halogens is 3. The predicted octanol–water partition coefficient (Wildman–Crippen LogP) is 7.65. The van der Waals surface area contributed by atoms with E-state index in [9.17, 15) is 14.7 Å². The van der Waals surface area contributed by atoms with Crippen molar-refractivity contribution in [3.8, 4) is 0 Å². The minimum atomic E-state index is -0.925. The van der Waals surface area contributed by atoms with Crippen LogP contribution in [0.25, 0.3) is 0 Å². The molecule has 1 aliphatic heterocycles. The fourth-order valence-electron chi connectivity index (χ4n) is 4.00. The lowest BCUT2D eigenvalue weighted by Crippen LogP contribution is -2.31. The highest BCUT2D eigenvalue weighted by Crippen LogP contribution is 2.45. The van der Waals surface area contributed by atoms with Crippen molar-refractivity contribution in [1.82, 2.24) is 15.2 Å². The maximum Gasteiger partial charge on any atom is 0.296 e. The second kappa shape index (κ2) is 11.0. The average molecular weight is 624 g/mol. The smallest absolute Gasteiger partial charge is 0.296 e. The molecule has 2 aromatic heterocycles. The highest BCUT2D eigenvalue weighted by Gasteiger charge is 2.46. The van der Waals surface area contributed by atoms with Crippen molar-refractivity contribution in [3.63, 3.8) is 0 Å². The van der Waals surface area contributed by atoms with Gasteiger partial charge >= 0.3 is 0 Å². The normalized spacial score (nSPS) is 15.6. The number of nitrogens with zero attached hydrogens (tertiary/aromatic N) is 4. The topological polar surface area (TPSA) is 96.3 Å². The lowest BCUT2D eigenvalue weighted by atomic mass is 9.95. The van der Waals surface area contributed by atoms with Gasteiger partial charge in [0.1, 0.15) is 0 Å². The first-order valence-corrected chi connectivity index (χ1v) is 14.8. The van der Waals surface area contributed by atoms with Gasteiger partial charge < -0.3 is 5.11 Å². The van der Waals surface area contributed by atoms with Crippen molar-refractivity contribution >= 4 is 86.1 Å². The fraction of sp³-hybridized carbons (Fsp3) is 0.160. The van der Waals surface area contributed by atoms with Crippen molar-refractivity contribution in [2.24, 2.45) is 0 Å². The van der Waals surface area contributed by atoms with Crippen LogP contribution in [0.2, 0.25) is 15.1 Å². The van der Waals surface area contributed by atoms with Gasteiger partial charge in [-0.2, -0.15) is 0 Å². The molecule has 1 aliphatic rings. The summed E-state index contributed by atoms with van der Waals surface area (Å²) in [4.78, 5) is 33.1. The molecule has 1 amide bonds. The third-order valence-electron chi connectivity index (χ3n) is 5.72. The van der Waals surface area contributed by atoms with Crippen LogP contribution >= 0.6 is 69.2 Å². The van der Waals surface area contributed by atoms with E-state index in [1.165, 1.54) is 39.3 Å². The number of aromatic nitrogens is 3. The van der Waals surface area contributed by atoms with Crippen molar-refractivity contribution in [3.05, 3.63) is 95.6 Å². The first-order chi connectivity index (χ1) is 18.1. The van der Waals surface area contributed by atoms with Gasteiger partial charge in [-0.05, 0) is 49.2 Å². The maximum absolute atomic E-state index is 13.7. The largest absolute Gasteiger partial charge is 0.503 e. The molecule has 0 saturated heterocycles. The number of hydrogen-bond acceptors (Lipinski definition) is 9. The fourth-order valence-corrected chi connectivity index (χ4v) is 7.42. The number of aliphatic hydroxyl groups is 1. The van der Waals surface area contributed by atoms with Crippen LogP contribution in [0.1, 0.15) is 37.5 Å². The summed E-state index contributed by atoms with van der Waals surface area (Å²) in [7, 11) is 0. The Morgan fingerprint density at radius 2 is 1.76 bits per heavy atom. The Kier molecular flexibility index (Phi) is 7.82. The SMILES string of the molecule is Cc1nc(C)c(C(=O)C2=C(O)C(=O)N(c3nnc(SCc4ccc(Cl)cc4Cl)s3)C2c2ccc(Cl)cc2)s1. The van der Waals surface area contributed by atoms with Crippen molar-refractivity contribution in [2.45, 2.75) is 30.0 Å². The van der Waals surface area contributed by atoms with E-state index in [2.05, 4.69) is 15.2 Å². The molecule has 1 N–H and O–H groups in total. The molecule has 0 radical (unpaired) electrons. The van der Waals surface area contributed by atoms with Gasteiger partial charge in [0.25, 0.3) is 5.91 Å². The summed E-state index contributed by atoms with van der Waals surface area (Å²) in [6.07, 6.45) is 0. The summed E-state index contributed by atoms with van der Waals surface area (Å²) >= 11 is 22.2. The molecular weight excluding hydrogens is 607 g/mol. The van der Waals surface area contributed by atoms with Crippen LogP contribution in [0.5, 0.6) is 0 Å². The summed E-state index contributed by atoms with van der Waals surface area (Å²) < 4.78 is 0.585. The second-order valence-corrected chi connectivity index (χ2v) is 12.9. The Balaban J connectivity index is 1.50. The first-order valence-electron chi connectivity index (χ1n) is 11.0. The molecule has 0 bridgehead atoms. The molecule has 0 spiro atoms. The Bertz CT molecular complexity index is 1600. The molecule has 0 fully saturated rings. The Morgan fingerprint density at radius 1 is 1.05 bits per heavy atom. The van der Waals surface area contributed by atoms with E-state index >= 15 is 0 Å². The molecule has 4 aromatic rings. The zero-order valence-electron chi connectivity index (χ0n) is 19.7. The monoisotopic (exact) mass is 622 g/mol. The summed E-state index contributed by atoms with van der Waals surface area (Å²) in [5.41, 5.74) is 1.96. The van der Waals surface area contributed by atoms with Crippen molar-refractivity contribution in [2.75, 3.05) is 4.90 Å². The molecular formula is C25H17Cl3N4O3S3. The summed E-state index contributed by atoms with van der Waals surface area (Å²) in [5, 5.41) is 22.0. The number of carbonyl (C=O) groups is 2. The van der Waals surface area contributed by atoms with E-state index in [-0.39, 0.29) is 10.7 Å². The van der Waals surface area contributed by atoms with Gasteiger partial charge in [0.05, 0.1) is 27.2 Å². The lowest BCUT2D eigenvalue weighted by Gasteiger charge is -2.24. The Labute approximate surface area is 245 Å². The van der Waals surface area contributed by atoms with Crippen LogP contribution in [0.4, 0.5) is 5.13 Å². The number of aliphatic hydroxyl groups excluding tert-OH is 1. The number of thiazole rings is 1. The van der Waals surface area contributed by atoms with Crippen LogP contribution in [-0.4, -0.2) is 32.0 Å². The van der Waals surface area contributed by atoms with E-state index in [1.807, 2.05) is 6.07 Å². The number of rotatable bonds is 7. The van der Waals surface area contributed by atoms with E-state index in [4.69, 9.17) is 34.8 Å². The molecule has 5 rings (SSSR count). The Hall–Kier alpha value is -2.47. The highest BCUT2D eigenvalue weighted by atomic mass is 35.5. The van der Waals surface area contributed by atoms with E-state index in [1.54, 1.807) is 50.2 Å². The Morgan fingerprint density at radius 3 is 2.42 bits per heavy atom. The van der Waals surface area contributed by atoms with E-state index < -0.39 is 23.5 Å². The van der Waals surface area contributed by atoms with Crippen LogP contribution in [0, 0.1) is 13.8 Å². The third-order valence-corrected chi connectivity index (χ3v) is 9.73. The number of ketones is 1. The zero-order chi connectivity index (χ0) is 27.1. The minimum Gasteiger partial charge on any atom is -0.503 e. The quantitative estimate of drug-likeness (QED) is 0.128. The molecule has 7 nitrogen and oxygen atoms in total. The van der Waals surface area contributed by atoms with Crippen LogP contribution in [0.15, 0.2) is 58.1 Å². The van der Waals surface area contributed by atoms with Gasteiger partial charge in [-0.1, -0.05) is 76.1 Å². The van der Waals surface area contributed by atoms with Crippen molar-refractivity contribution < 1.29 is 14.7 Å². The molecule has 38 heavy (non-hydrogen) atoms. The number of aryl methyl sites for hydroxylation is 2. The molecule has 13 heteroatoms. The third kappa shape index (κ3) is 5.21. The first kappa shape index (κ1) is 27.1. The van der Waals surface area contributed by atoms with Gasteiger partial charge in [0.15, 0.2) is 10.1 Å². The molecule has 1 atom stereocenters. The number of hydrogen-bond donors (Lipinski definition) is 1. The number of Topliss-reactive ketones (excluding diaryl/α,β-unsaturated/α-hetero) is 1. The molecule has 2 aromatic carbocycles. The molecule has 194 valence electrons. The van der Waals surface area contributed by atoms with E-state index in [0.29, 0.717) is 46.3 Å². The lowest BCUT2D eigenvalue weighted by molar-refractivity contribution is -0.117. The average Bonchev–Trinajstić information content (AvgIpc) is 3.55. The van der Waals surface area contributed by atoms with Gasteiger partial charge in [-0.25, -0.2) is 4.98 Å². The molecule has 0 aliphatic carbocycles. The number of thioether (sulfide) groups is 1. The molecule has 1 unspecified atom stereocenters. The molecule has 3 heterocycles. The van der Waals surface area contributed by atoms with Gasteiger partial charge in [0.2, 0.25) is 10.9 Å². The number of anilines is 1.